The number of aliphatic hydroxyl groups is 1. The molecule has 2 heterocycles. The Morgan fingerprint density at radius 3 is 2.58 bits per heavy atom. The minimum Gasteiger partial charge on any atom is -0.497 e. The van der Waals surface area contributed by atoms with Crippen LogP contribution in [0.15, 0.2) is 47.4 Å². The lowest BCUT2D eigenvalue weighted by Gasteiger charge is -2.38. The van der Waals surface area contributed by atoms with Gasteiger partial charge in [0.1, 0.15) is 22.5 Å². The van der Waals surface area contributed by atoms with Crippen LogP contribution in [0.1, 0.15) is 26.7 Å². The minimum absolute atomic E-state index is 0.0414. The van der Waals surface area contributed by atoms with Crippen molar-refractivity contribution in [1.29, 1.82) is 0 Å². The quantitative estimate of drug-likeness (QED) is 0.569. The average Bonchev–Trinajstić information content (AvgIpc) is 2.94. The predicted molar refractivity (Wildman–Crippen MR) is 144 cm³/mol. The second-order valence-electron chi connectivity index (χ2n) is 10.2. The molecule has 0 aromatic heterocycles. The van der Waals surface area contributed by atoms with E-state index in [0.717, 1.165) is 11.1 Å². The Hall–Kier alpha value is -2.66. The van der Waals surface area contributed by atoms with Crippen LogP contribution in [0.4, 0.5) is 0 Å². The van der Waals surface area contributed by atoms with E-state index >= 15 is 0 Å². The maximum atomic E-state index is 13.8. The number of aliphatic hydroxyl groups excluding tert-OH is 1. The molecule has 0 bridgehead atoms. The summed E-state index contributed by atoms with van der Waals surface area (Å²) in [5.74, 6) is 0.618. The number of benzene rings is 2. The first-order chi connectivity index (χ1) is 18.1. The lowest BCUT2D eigenvalue weighted by atomic mass is 9.97. The Morgan fingerprint density at radius 2 is 1.89 bits per heavy atom. The number of hydrogen-bond acceptors (Lipinski definition) is 7. The van der Waals surface area contributed by atoms with Crippen LogP contribution < -0.4 is 9.47 Å². The van der Waals surface area contributed by atoms with Crippen molar-refractivity contribution in [2.24, 2.45) is 11.8 Å². The van der Waals surface area contributed by atoms with Gasteiger partial charge >= 0.3 is 0 Å². The Bertz CT molecular complexity index is 1230. The molecule has 1 N–H and O–H groups in total. The van der Waals surface area contributed by atoms with Gasteiger partial charge in [-0.25, -0.2) is 8.42 Å². The highest BCUT2D eigenvalue weighted by molar-refractivity contribution is 7.89. The third-order valence-electron chi connectivity index (χ3n) is 7.47. The van der Waals surface area contributed by atoms with Gasteiger partial charge in [-0.2, -0.15) is 4.31 Å². The van der Waals surface area contributed by atoms with Crippen LogP contribution in [0.3, 0.4) is 0 Å². The second kappa shape index (κ2) is 12.0. The van der Waals surface area contributed by atoms with E-state index in [1.165, 1.54) is 4.31 Å². The molecule has 208 valence electrons. The highest BCUT2D eigenvalue weighted by atomic mass is 32.2. The highest BCUT2D eigenvalue weighted by Crippen LogP contribution is 2.37. The topological polar surface area (TPSA) is 106 Å². The molecule has 2 aliphatic rings. The number of carbonyl (C=O) groups excluding carboxylic acids is 1. The molecule has 3 atom stereocenters. The van der Waals surface area contributed by atoms with Gasteiger partial charge in [0.05, 0.1) is 20.3 Å². The number of ether oxygens (including phenoxy) is 3. The van der Waals surface area contributed by atoms with Gasteiger partial charge in [-0.1, -0.05) is 25.1 Å². The van der Waals surface area contributed by atoms with Gasteiger partial charge in [-0.3, -0.25) is 4.79 Å². The highest BCUT2D eigenvalue weighted by Gasteiger charge is 2.39. The number of sulfonamides is 1. The number of amides is 1. The summed E-state index contributed by atoms with van der Waals surface area (Å²) in [6.07, 6.45) is 0.917. The van der Waals surface area contributed by atoms with E-state index in [9.17, 15) is 18.3 Å². The SMILES string of the molecule is COc1cccc(-c2ccc3c(c2)O[C@H](CN(C)C(=O)C2CCOCC2)[C@@H](C)CN([C@H](C)CO)S3(=O)=O)c1. The summed E-state index contributed by atoms with van der Waals surface area (Å²) < 4.78 is 46.1. The molecule has 1 amide bonds. The molecule has 2 aromatic rings. The Morgan fingerprint density at radius 1 is 1.18 bits per heavy atom. The Labute approximate surface area is 225 Å². The van der Waals surface area contributed by atoms with E-state index in [-0.39, 0.29) is 41.5 Å². The summed E-state index contributed by atoms with van der Waals surface area (Å²) in [5.41, 5.74) is 1.63. The number of methoxy groups -OCH3 is 1. The fourth-order valence-corrected chi connectivity index (χ4v) is 6.87. The molecule has 2 aromatic carbocycles. The second-order valence-corrected chi connectivity index (χ2v) is 12.1. The van der Waals surface area contributed by atoms with Gasteiger partial charge < -0.3 is 24.2 Å². The number of likely N-dealkylation sites (N-methyl/N-ethyl adjacent to an activating group) is 1. The van der Waals surface area contributed by atoms with Crippen molar-refractivity contribution >= 4 is 15.9 Å². The van der Waals surface area contributed by atoms with E-state index in [1.807, 2.05) is 31.2 Å². The summed E-state index contributed by atoms with van der Waals surface area (Å²) in [5, 5.41) is 9.87. The summed E-state index contributed by atoms with van der Waals surface area (Å²) in [7, 11) is -0.592. The Kier molecular flexibility index (Phi) is 8.97. The average molecular weight is 547 g/mol. The molecule has 1 saturated heterocycles. The molecular formula is C28H38N2O7S. The molecule has 9 nitrogen and oxygen atoms in total. The number of hydrogen-bond donors (Lipinski definition) is 1. The molecule has 0 unspecified atom stereocenters. The fourth-order valence-electron chi connectivity index (χ4n) is 5.04. The zero-order valence-corrected chi connectivity index (χ0v) is 23.3. The predicted octanol–water partition coefficient (Wildman–Crippen LogP) is 3.02. The van der Waals surface area contributed by atoms with E-state index < -0.39 is 22.2 Å². The summed E-state index contributed by atoms with van der Waals surface area (Å²) in [6.45, 7) is 4.91. The molecular weight excluding hydrogens is 508 g/mol. The van der Waals surface area contributed by atoms with Crippen LogP contribution in [0, 0.1) is 11.8 Å². The van der Waals surface area contributed by atoms with Crippen molar-refractivity contribution in [2.45, 2.75) is 43.7 Å². The lowest BCUT2D eigenvalue weighted by molar-refractivity contribution is -0.138. The monoisotopic (exact) mass is 546 g/mol. The molecule has 0 radical (unpaired) electrons. The normalized spacial score (nSPS) is 22.9. The standard InChI is InChI=1S/C28H38N2O7S/c1-19-16-30(20(2)18-31)38(33,34)27-9-8-23(22-6-5-7-24(14-22)35-4)15-25(27)37-26(19)17-29(3)28(32)21-10-12-36-13-11-21/h5-9,14-15,19-21,26,31H,10-13,16-18H2,1-4H3/t19-,20+,26+/m0/s1. The van der Waals surface area contributed by atoms with Crippen molar-refractivity contribution in [3.8, 4) is 22.6 Å². The molecule has 0 aliphatic carbocycles. The van der Waals surface area contributed by atoms with Crippen LogP contribution >= 0.6 is 0 Å². The zero-order chi connectivity index (χ0) is 27.4. The van der Waals surface area contributed by atoms with Gasteiger partial charge in [0.25, 0.3) is 0 Å². The van der Waals surface area contributed by atoms with Crippen molar-refractivity contribution in [1.82, 2.24) is 9.21 Å². The molecule has 2 aliphatic heterocycles. The van der Waals surface area contributed by atoms with E-state index in [2.05, 4.69) is 0 Å². The Balaban J connectivity index is 1.72. The number of rotatable bonds is 7. The van der Waals surface area contributed by atoms with Gasteiger partial charge in [-0.15, -0.1) is 0 Å². The first-order valence-electron chi connectivity index (χ1n) is 13.1. The maximum absolute atomic E-state index is 13.8. The lowest BCUT2D eigenvalue weighted by Crippen LogP contribution is -2.50. The zero-order valence-electron chi connectivity index (χ0n) is 22.5. The van der Waals surface area contributed by atoms with Crippen LogP contribution in [0.2, 0.25) is 0 Å². The van der Waals surface area contributed by atoms with Crippen molar-refractivity contribution in [3.63, 3.8) is 0 Å². The molecule has 0 saturated carbocycles. The molecule has 38 heavy (non-hydrogen) atoms. The molecule has 10 heteroatoms. The van der Waals surface area contributed by atoms with Crippen LogP contribution in [-0.2, 0) is 19.6 Å². The van der Waals surface area contributed by atoms with Crippen molar-refractivity contribution in [2.75, 3.05) is 47.1 Å². The fraction of sp³-hybridized carbons (Fsp3) is 0.536. The number of nitrogens with zero attached hydrogens (tertiary/aromatic N) is 2. The van der Waals surface area contributed by atoms with Gasteiger partial charge in [0, 0.05) is 44.7 Å². The number of carbonyl (C=O) groups is 1. The first-order valence-corrected chi connectivity index (χ1v) is 14.5. The number of fused-ring (bicyclic) bond motifs is 1. The molecule has 4 rings (SSSR count). The third kappa shape index (κ3) is 5.98. The maximum Gasteiger partial charge on any atom is 0.247 e. The van der Waals surface area contributed by atoms with E-state index in [0.29, 0.717) is 38.3 Å². The van der Waals surface area contributed by atoms with E-state index in [4.69, 9.17) is 14.2 Å². The van der Waals surface area contributed by atoms with Gasteiger partial charge in [-0.05, 0) is 55.2 Å². The van der Waals surface area contributed by atoms with Crippen LogP contribution in [-0.4, -0.2) is 87.9 Å². The third-order valence-corrected chi connectivity index (χ3v) is 9.49. The van der Waals surface area contributed by atoms with Crippen LogP contribution in [0.25, 0.3) is 11.1 Å². The minimum atomic E-state index is -3.95. The smallest absolute Gasteiger partial charge is 0.247 e. The summed E-state index contributed by atoms with van der Waals surface area (Å²) in [6, 6.07) is 11.9. The first kappa shape index (κ1) is 28.4. The van der Waals surface area contributed by atoms with Crippen molar-refractivity contribution in [3.05, 3.63) is 42.5 Å². The summed E-state index contributed by atoms with van der Waals surface area (Å²) in [4.78, 5) is 14.9. The van der Waals surface area contributed by atoms with Gasteiger partial charge in [0.15, 0.2) is 0 Å². The van der Waals surface area contributed by atoms with Crippen LogP contribution in [0.5, 0.6) is 11.5 Å². The molecule has 1 fully saturated rings. The van der Waals surface area contributed by atoms with Gasteiger partial charge in [0.2, 0.25) is 15.9 Å². The molecule has 0 spiro atoms. The largest absolute Gasteiger partial charge is 0.497 e. The summed E-state index contributed by atoms with van der Waals surface area (Å²) >= 11 is 0. The van der Waals surface area contributed by atoms with E-state index in [1.54, 1.807) is 44.2 Å². The van der Waals surface area contributed by atoms with Crippen molar-refractivity contribution < 1.29 is 32.5 Å².